The lowest BCUT2D eigenvalue weighted by Crippen LogP contribution is -2.13. The molecule has 0 atom stereocenters. The predicted octanol–water partition coefficient (Wildman–Crippen LogP) is 3.65. The maximum absolute atomic E-state index is 12.8. The summed E-state index contributed by atoms with van der Waals surface area (Å²) in [4.78, 5) is 17.3. The van der Waals surface area contributed by atoms with Crippen LogP contribution >= 0.6 is 0 Å². The fourth-order valence-corrected chi connectivity index (χ4v) is 2.99. The van der Waals surface area contributed by atoms with Crippen LogP contribution in [0.1, 0.15) is 30.2 Å². The molecule has 152 valence electrons. The molecular formula is C21H22N8O. The Kier molecular flexibility index (Phi) is 5.25. The quantitative estimate of drug-likeness (QED) is 0.510. The third-order valence-corrected chi connectivity index (χ3v) is 4.46. The minimum atomic E-state index is -0.255. The van der Waals surface area contributed by atoms with E-state index in [0.717, 1.165) is 5.69 Å². The van der Waals surface area contributed by atoms with Crippen LogP contribution in [0.5, 0.6) is 0 Å². The summed E-state index contributed by atoms with van der Waals surface area (Å²) in [6, 6.07) is 14.7. The minimum absolute atomic E-state index is 0.199. The van der Waals surface area contributed by atoms with Crippen LogP contribution in [0.3, 0.4) is 0 Å². The molecule has 4 rings (SSSR count). The number of benzene rings is 1. The first-order valence-electron chi connectivity index (χ1n) is 9.54. The van der Waals surface area contributed by atoms with E-state index >= 15 is 0 Å². The Hall–Kier alpha value is -4.01. The van der Waals surface area contributed by atoms with E-state index in [4.69, 9.17) is 0 Å². The van der Waals surface area contributed by atoms with Gasteiger partial charge in [-0.3, -0.25) is 9.48 Å². The van der Waals surface area contributed by atoms with Crippen molar-refractivity contribution in [3.8, 4) is 11.5 Å². The Morgan fingerprint density at radius 2 is 1.90 bits per heavy atom. The summed E-state index contributed by atoms with van der Waals surface area (Å²) < 4.78 is 3.64. The molecule has 9 nitrogen and oxygen atoms in total. The number of hydrogen-bond donors (Lipinski definition) is 2. The summed E-state index contributed by atoms with van der Waals surface area (Å²) in [6.07, 6.45) is 3.52. The largest absolute Gasteiger partial charge is 0.339 e. The average molecular weight is 402 g/mol. The molecule has 3 aromatic heterocycles. The molecular weight excluding hydrogens is 380 g/mol. The van der Waals surface area contributed by atoms with Crippen molar-refractivity contribution in [3.63, 3.8) is 0 Å². The molecule has 9 heteroatoms. The molecule has 0 spiro atoms. The lowest BCUT2D eigenvalue weighted by atomic mass is 10.2. The molecule has 0 aliphatic carbocycles. The molecule has 0 aliphatic rings. The lowest BCUT2D eigenvalue weighted by molar-refractivity contribution is 0.102. The number of pyridine rings is 1. The van der Waals surface area contributed by atoms with Gasteiger partial charge in [0.25, 0.3) is 5.91 Å². The van der Waals surface area contributed by atoms with Gasteiger partial charge >= 0.3 is 0 Å². The Bertz CT molecular complexity index is 1180. The van der Waals surface area contributed by atoms with E-state index in [1.54, 1.807) is 29.2 Å². The van der Waals surface area contributed by atoms with E-state index < -0.39 is 0 Å². The molecule has 30 heavy (non-hydrogen) atoms. The zero-order valence-corrected chi connectivity index (χ0v) is 16.9. The zero-order chi connectivity index (χ0) is 21.1. The lowest BCUT2D eigenvalue weighted by Gasteiger charge is -2.11. The molecule has 0 unspecified atom stereocenters. The van der Waals surface area contributed by atoms with E-state index in [2.05, 4.69) is 30.9 Å². The van der Waals surface area contributed by atoms with Crippen LogP contribution in [0.25, 0.3) is 11.5 Å². The first kappa shape index (κ1) is 19.3. The summed E-state index contributed by atoms with van der Waals surface area (Å²) >= 11 is 0. The molecule has 0 radical (unpaired) electrons. The van der Waals surface area contributed by atoms with Crippen LogP contribution in [0.4, 0.5) is 17.3 Å². The van der Waals surface area contributed by atoms with Crippen molar-refractivity contribution in [2.45, 2.75) is 19.9 Å². The standard InChI is InChI=1S/C21H22N8O/c1-14(2)29-13-22-26-20(29)17-8-5-9-18(24-17)25-21(30)15-6-4-7-16(12-15)23-19-10-11-28(3)27-19/h4-14H,1-3H3,(H,23,27)(H,24,25,30). The summed E-state index contributed by atoms with van der Waals surface area (Å²) in [5.41, 5.74) is 1.92. The monoisotopic (exact) mass is 402 g/mol. The first-order chi connectivity index (χ1) is 14.5. The SMILES string of the molecule is CC(C)n1cnnc1-c1cccc(NC(=O)c2cccc(Nc3ccn(C)n3)c2)n1. The van der Waals surface area contributed by atoms with E-state index in [0.29, 0.717) is 28.7 Å². The molecule has 4 aromatic rings. The van der Waals surface area contributed by atoms with Crippen molar-refractivity contribution >= 4 is 23.2 Å². The van der Waals surface area contributed by atoms with Crippen LogP contribution in [0.2, 0.25) is 0 Å². The van der Waals surface area contributed by atoms with Gasteiger partial charge in [-0.25, -0.2) is 4.98 Å². The topological polar surface area (TPSA) is 103 Å². The number of anilines is 3. The van der Waals surface area contributed by atoms with Crippen LogP contribution in [-0.2, 0) is 7.05 Å². The van der Waals surface area contributed by atoms with Crippen molar-refractivity contribution in [1.82, 2.24) is 29.5 Å². The average Bonchev–Trinajstić information content (AvgIpc) is 3.38. The highest BCUT2D eigenvalue weighted by Gasteiger charge is 2.13. The van der Waals surface area contributed by atoms with Gasteiger partial charge in [0.2, 0.25) is 0 Å². The van der Waals surface area contributed by atoms with Crippen molar-refractivity contribution in [3.05, 3.63) is 66.6 Å². The van der Waals surface area contributed by atoms with E-state index in [1.165, 1.54) is 0 Å². The number of nitrogens with zero attached hydrogens (tertiary/aromatic N) is 6. The third kappa shape index (κ3) is 4.19. The van der Waals surface area contributed by atoms with Gasteiger partial charge in [0.15, 0.2) is 11.6 Å². The number of aromatic nitrogens is 6. The Balaban J connectivity index is 1.52. The van der Waals surface area contributed by atoms with Crippen LogP contribution in [0.15, 0.2) is 61.1 Å². The Morgan fingerprint density at radius 3 is 2.67 bits per heavy atom. The second-order valence-corrected chi connectivity index (χ2v) is 7.10. The number of hydrogen-bond acceptors (Lipinski definition) is 6. The fraction of sp³-hybridized carbons (Fsp3) is 0.190. The second-order valence-electron chi connectivity index (χ2n) is 7.10. The number of rotatable bonds is 6. The van der Waals surface area contributed by atoms with Crippen molar-refractivity contribution in [2.24, 2.45) is 7.05 Å². The molecule has 0 aliphatic heterocycles. The molecule has 1 aromatic carbocycles. The second kappa shape index (κ2) is 8.16. The van der Waals surface area contributed by atoms with Gasteiger partial charge < -0.3 is 15.2 Å². The van der Waals surface area contributed by atoms with Gasteiger partial charge in [-0.1, -0.05) is 12.1 Å². The minimum Gasteiger partial charge on any atom is -0.339 e. The van der Waals surface area contributed by atoms with Crippen LogP contribution in [-0.4, -0.2) is 35.4 Å². The third-order valence-electron chi connectivity index (χ3n) is 4.46. The smallest absolute Gasteiger partial charge is 0.256 e. The molecule has 2 N–H and O–H groups in total. The van der Waals surface area contributed by atoms with Gasteiger partial charge in [0, 0.05) is 36.6 Å². The first-order valence-corrected chi connectivity index (χ1v) is 9.54. The van der Waals surface area contributed by atoms with Crippen molar-refractivity contribution < 1.29 is 4.79 Å². The van der Waals surface area contributed by atoms with Gasteiger partial charge in [-0.2, -0.15) is 5.10 Å². The molecule has 3 heterocycles. The number of aryl methyl sites for hydroxylation is 1. The highest BCUT2D eigenvalue weighted by atomic mass is 16.1. The fourth-order valence-electron chi connectivity index (χ4n) is 2.99. The van der Waals surface area contributed by atoms with Gasteiger partial charge in [0.05, 0.1) is 0 Å². The van der Waals surface area contributed by atoms with Crippen LogP contribution in [0, 0.1) is 0 Å². The van der Waals surface area contributed by atoms with Gasteiger partial charge in [-0.05, 0) is 44.2 Å². The Morgan fingerprint density at radius 1 is 1.07 bits per heavy atom. The van der Waals surface area contributed by atoms with Crippen LogP contribution < -0.4 is 10.6 Å². The number of carbonyl (C=O) groups is 1. The maximum Gasteiger partial charge on any atom is 0.256 e. The van der Waals surface area contributed by atoms with E-state index in [9.17, 15) is 4.79 Å². The highest BCUT2D eigenvalue weighted by molar-refractivity contribution is 6.04. The highest BCUT2D eigenvalue weighted by Crippen LogP contribution is 2.21. The predicted molar refractivity (Wildman–Crippen MR) is 115 cm³/mol. The number of nitrogens with one attached hydrogen (secondary N) is 2. The molecule has 0 saturated carbocycles. The van der Waals surface area contributed by atoms with Gasteiger partial charge in [-0.15, -0.1) is 10.2 Å². The molecule has 0 bridgehead atoms. The summed E-state index contributed by atoms with van der Waals surface area (Å²) in [6.45, 7) is 4.09. The summed E-state index contributed by atoms with van der Waals surface area (Å²) in [7, 11) is 1.85. The van der Waals surface area contributed by atoms with Crippen molar-refractivity contribution in [1.29, 1.82) is 0 Å². The molecule has 0 saturated heterocycles. The zero-order valence-electron chi connectivity index (χ0n) is 16.9. The summed E-state index contributed by atoms with van der Waals surface area (Å²) in [5.74, 6) is 1.55. The number of amides is 1. The Labute approximate surface area is 173 Å². The van der Waals surface area contributed by atoms with Gasteiger partial charge in [0.1, 0.15) is 17.8 Å². The number of carbonyl (C=O) groups excluding carboxylic acids is 1. The summed E-state index contributed by atoms with van der Waals surface area (Å²) in [5, 5.41) is 18.5. The molecule has 0 fully saturated rings. The van der Waals surface area contributed by atoms with E-state index in [1.807, 2.05) is 62.0 Å². The van der Waals surface area contributed by atoms with Crippen molar-refractivity contribution in [2.75, 3.05) is 10.6 Å². The normalized spacial score (nSPS) is 10.9. The maximum atomic E-state index is 12.8. The molecule has 1 amide bonds. The van der Waals surface area contributed by atoms with E-state index in [-0.39, 0.29) is 11.9 Å².